The van der Waals surface area contributed by atoms with Crippen LogP contribution in [0.1, 0.15) is 5.82 Å². The van der Waals surface area contributed by atoms with Gasteiger partial charge in [-0.15, -0.1) is 10.2 Å². The molecule has 0 fully saturated rings. The lowest BCUT2D eigenvalue weighted by Crippen LogP contribution is -1.99. The van der Waals surface area contributed by atoms with E-state index in [4.69, 9.17) is 0 Å². The maximum Gasteiger partial charge on any atom is 0.168 e. The molecular formula is C15H12IN3. The smallest absolute Gasteiger partial charge is 0.168 e. The topological polar surface area (TPSA) is 30.7 Å². The molecule has 0 aliphatic rings. The maximum atomic E-state index is 4.31. The molecule has 0 aliphatic heterocycles. The van der Waals surface area contributed by atoms with E-state index in [1.807, 2.05) is 31.2 Å². The normalized spacial score (nSPS) is 10.6. The summed E-state index contributed by atoms with van der Waals surface area (Å²) in [5, 5.41) is 8.52. The highest BCUT2D eigenvalue weighted by Crippen LogP contribution is 2.23. The Morgan fingerprint density at radius 3 is 2.47 bits per heavy atom. The number of aryl methyl sites for hydroxylation is 1. The van der Waals surface area contributed by atoms with Gasteiger partial charge in [0.2, 0.25) is 0 Å². The van der Waals surface area contributed by atoms with E-state index in [0.717, 1.165) is 22.9 Å². The molecule has 0 aliphatic carbocycles. The van der Waals surface area contributed by atoms with Gasteiger partial charge in [0.25, 0.3) is 0 Å². The van der Waals surface area contributed by atoms with Gasteiger partial charge in [-0.3, -0.25) is 4.57 Å². The zero-order chi connectivity index (χ0) is 13.2. The monoisotopic (exact) mass is 361 g/mol. The van der Waals surface area contributed by atoms with E-state index in [1.165, 1.54) is 3.57 Å². The van der Waals surface area contributed by atoms with Crippen molar-refractivity contribution in [1.82, 2.24) is 14.8 Å². The van der Waals surface area contributed by atoms with E-state index in [1.54, 1.807) is 0 Å². The van der Waals surface area contributed by atoms with E-state index < -0.39 is 0 Å². The predicted molar refractivity (Wildman–Crippen MR) is 84.2 cm³/mol. The Hall–Kier alpha value is -1.69. The van der Waals surface area contributed by atoms with Crippen LogP contribution in [0.4, 0.5) is 0 Å². The van der Waals surface area contributed by atoms with E-state index in [-0.39, 0.29) is 0 Å². The minimum absolute atomic E-state index is 0.877. The van der Waals surface area contributed by atoms with Gasteiger partial charge in [-0.05, 0) is 53.8 Å². The molecule has 0 amide bonds. The van der Waals surface area contributed by atoms with Crippen LogP contribution in [0.5, 0.6) is 0 Å². The Labute approximate surface area is 125 Å². The molecule has 1 aromatic heterocycles. The molecule has 3 nitrogen and oxygen atoms in total. The van der Waals surface area contributed by atoms with Crippen LogP contribution in [-0.2, 0) is 0 Å². The van der Waals surface area contributed by atoms with Crippen molar-refractivity contribution in [1.29, 1.82) is 0 Å². The van der Waals surface area contributed by atoms with Crippen LogP contribution in [-0.4, -0.2) is 14.8 Å². The number of benzene rings is 2. The minimum atomic E-state index is 0.877. The highest BCUT2D eigenvalue weighted by Gasteiger charge is 2.12. The zero-order valence-electron chi connectivity index (χ0n) is 10.4. The Balaban J connectivity index is 2.19. The first kappa shape index (κ1) is 12.3. The van der Waals surface area contributed by atoms with E-state index in [9.17, 15) is 0 Å². The number of rotatable bonds is 2. The van der Waals surface area contributed by atoms with E-state index >= 15 is 0 Å². The standard InChI is InChI=1S/C15H12IN3/c1-11-17-18-15(12-6-5-7-13(16)10-12)19(11)14-8-3-2-4-9-14/h2-10H,1H3. The molecule has 3 aromatic rings. The number of para-hydroxylation sites is 1. The van der Waals surface area contributed by atoms with E-state index in [0.29, 0.717) is 0 Å². The molecule has 0 atom stereocenters. The Bertz CT molecular complexity index is 704. The summed E-state index contributed by atoms with van der Waals surface area (Å²) in [6.45, 7) is 1.97. The molecule has 0 radical (unpaired) electrons. The molecule has 2 aromatic carbocycles. The summed E-state index contributed by atoms with van der Waals surface area (Å²) in [5.41, 5.74) is 2.16. The van der Waals surface area contributed by atoms with Crippen molar-refractivity contribution in [2.24, 2.45) is 0 Å². The lowest BCUT2D eigenvalue weighted by atomic mass is 10.2. The van der Waals surface area contributed by atoms with Crippen molar-refractivity contribution in [2.45, 2.75) is 6.92 Å². The average molecular weight is 361 g/mol. The van der Waals surface area contributed by atoms with Gasteiger partial charge in [-0.25, -0.2) is 0 Å². The fourth-order valence-corrected chi connectivity index (χ4v) is 2.61. The van der Waals surface area contributed by atoms with Gasteiger partial charge in [0.1, 0.15) is 5.82 Å². The van der Waals surface area contributed by atoms with Gasteiger partial charge < -0.3 is 0 Å². The second-order valence-corrected chi connectivity index (χ2v) is 5.50. The maximum absolute atomic E-state index is 4.31. The summed E-state index contributed by atoms with van der Waals surface area (Å²) < 4.78 is 3.26. The average Bonchev–Trinajstić information content (AvgIpc) is 2.82. The first-order valence-corrected chi connectivity index (χ1v) is 7.07. The quantitative estimate of drug-likeness (QED) is 0.650. The van der Waals surface area contributed by atoms with Crippen LogP contribution in [0.25, 0.3) is 17.1 Å². The summed E-state index contributed by atoms with van der Waals surface area (Å²) in [7, 11) is 0. The molecule has 0 spiro atoms. The largest absolute Gasteiger partial charge is 0.279 e. The van der Waals surface area contributed by atoms with Gasteiger partial charge in [0.15, 0.2) is 5.82 Å². The molecule has 0 unspecified atom stereocenters. The van der Waals surface area contributed by atoms with Crippen LogP contribution in [0, 0.1) is 10.5 Å². The van der Waals surface area contributed by atoms with Crippen LogP contribution in [0.2, 0.25) is 0 Å². The Kier molecular flexibility index (Phi) is 3.33. The zero-order valence-corrected chi connectivity index (χ0v) is 12.6. The summed E-state index contributed by atoms with van der Waals surface area (Å²) in [4.78, 5) is 0. The molecule has 0 N–H and O–H groups in total. The van der Waals surface area contributed by atoms with Crippen molar-refractivity contribution in [3.05, 3.63) is 64.0 Å². The second kappa shape index (κ2) is 5.13. The third-order valence-electron chi connectivity index (χ3n) is 2.92. The van der Waals surface area contributed by atoms with Crippen molar-refractivity contribution in [3.8, 4) is 17.1 Å². The Morgan fingerprint density at radius 1 is 0.947 bits per heavy atom. The SMILES string of the molecule is Cc1nnc(-c2cccc(I)c2)n1-c1ccccc1. The van der Waals surface area contributed by atoms with Crippen molar-refractivity contribution in [2.75, 3.05) is 0 Å². The van der Waals surface area contributed by atoms with Crippen molar-refractivity contribution in [3.63, 3.8) is 0 Å². The van der Waals surface area contributed by atoms with Gasteiger partial charge in [0.05, 0.1) is 0 Å². The van der Waals surface area contributed by atoms with Gasteiger partial charge in [-0.2, -0.15) is 0 Å². The molecular weight excluding hydrogens is 349 g/mol. The van der Waals surface area contributed by atoms with Crippen molar-refractivity contribution < 1.29 is 0 Å². The van der Waals surface area contributed by atoms with Crippen LogP contribution in [0.3, 0.4) is 0 Å². The molecule has 4 heteroatoms. The highest BCUT2D eigenvalue weighted by molar-refractivity contribution is 14.1. The van der Waals surface area contributed by atoms with Gasteiger partial charge in [-0.1, -0.05) is 30.3 Å². The fraction of sp³-hybridized carbons (Fsp3) is 0.0667. The number of aromatic nitrogens is 3. The Morgan fingerprint density at radius 2 is 1.74 bits per heavy atom. The molecule has 0 saturated carbocycles. The highest BCUT2D eigenvalue weighted by atomic mass is 127. The number of hydrogen-bond donors (Lipinski definition) is 0. The first-order chi connectivity index (χ1) is 9.25. The number of halogens is 1. The molecule has 0 bridgehead atoms. The van der Waals surface area contributed by atoms with Crippen LogP contribution < -0.4 is 0 Å². The van der Waals surface area contributed by atoms with E-state index in [2.05, 4.69) is 67.7 Å². The van der Waals surface area contributed by atoms with Crippen molar-refractivity contribution >= 4 is 22.6 Å². The first-order valence-electron chi connectivity index (χ1n) is 5.99. The molecule has 1 heterocycles. The van der Waals surface area contributed by atoms with Gasteiger partial charge in [0, 0.05) is 14.8 Å². The lowest BCUT2D eigenvalue weighted by Gasteiger charge is -2.08. The van der Waals surface area contributed by atoms with Crippen LogP contribution in [0.15, 0.2) is 54.6 Å². The van der Waals surface area contributed by atoms with Gasteiger partial charge >= 0.3 is 0 Å². The third-order valence-corrected chi connectivity index (χ3v) is 3.59. The number of hydrogen-bond acceptors (Lipinski definition) is 2. The fourth-order valence-electron chi connectivity index (χ4n) is 2.06. The minimum Gasteiger partial charge on any atom is -0.279 e. The lowest BCUT2D eigenvalue weighted by molar-refractivity contribution is 0.972. The second-order valence-electron chi connectivity index (χ2n) is 4.25. The molecule has 94 valence electrons. The molecule has 3 rings (SSSR count). The summed E-state index contributed by atoms with van der Waals surface area (Å²) >= 11 is 2.31. The number of nitrogens with zero attached hydrogens (tertiary/aromatic N) is 3. The summed E-state index contributed by atoms with van der Waals surface area (Å²) in [5.74, 6) is 1.77. The summed E-state index contributed by atoms with van der Waals surface area (Å²) in [6, 6.07) is 18.5. The predicted octanol–water partition coefficient (Wildman–Crippen LogP) is 3.85. The third kappa shape index (κ3) is 2.40. The molecule has 0 saturated heterocycles. The summed E-state index contributed by atoms with van der Waals surface area (Å²) in [6.07, 6.45) is 0. The van der Waals surface area contributed by atoms with Crippen LogP contribution >= 0.6 is 22.6 Å². The molecule has 19 heavy (non-hydrogen) atoms.